The van der Waals surface area contributed by atoms with E-state index < -0.39 is 0 Å². The van der Waals surface area contributed by atoms with Crippen molar-refractivity contribution in [2.45, 2.75) is 45.1 Å². The number of rotatable bonds is 8. The third-order valence-electron chi connectivity index (χ3n) is 4.03. The van der Waals surface area contributed by atoms with Crippen LogP contribution >= 0.6 is 11.6 Å². The lowest BCUT2D eigenvalue weighted by atomic mass is 9.87. The maximum atomic E-state index is 11.2. The minimum Gasteiger partial charge on any atom is -0.474 e. The second-order valence-electron chi connectivity index (χ2n) is 5.83. The van der Waals surface area contributed by atoms with Crippen molar-refractivity contribution in [2.75, 3.05) is 19.7 Å². The van der Waals surface area contributed by atoms with Gasteiger partial charge in [0, 0.05) is 18.8 Å². The molecule has 23 heavy (non-hydrogen) atoms. The summed E-state index contributed by atoms with van der Waals surface area (Å²) in [7, 11) is 0. The molecule has 0 saturated heterocycles. The van der Waals surface area contributed by atoms with Gasteiger partial charge in [0.2, 0.25) is 5.88 Å². The first-order chi connectivity index (χ1) is 11.2. The van der Waals surface area contributed by atoms with Crippen molar-refractivity contribution in [3.63, 3.8) is 0 Å². The van der Waals surface area contributed by atoms with Crippen molar-refractivity contribution in [2.24, 2.45) is 5.92 Å². The molecule has 1 heterocycles. The molecule has 1 aromatic heterocycles. The van der Waals surface area contributed by atoms with Crippen LogP contribution in [0.5, 0.6) is 5.88 Å². The van der Waals surface area contributed by atoms with Gasteiger partial charge in [0.1, 0.15) is 6.10 Å². The van der Waals surface area contributed by atoms with Crippen molar-refractivity contribution >= 4 is 17.6 Å². The summed E-state index contributed by atoms with van der Waals surface area (Å²) in [6.45, 7) is 3.91. The van der Waals surface area contributed by atoms with Gasteiger partial charge in [-0.05, 0) is 51.1 Å². The van der Waals surface area contributed by atoms with Gasteiger partial charge in [-0.15, -0.1) is 0 Å². The first kappa shape index (κ1) is 18.0. The standard InChI is InChI=1S/C17H25ClN2O3/c1-2-22-17(21)9-10-19-11-13-3-6-15(7-4-13)23-16-8-5-14(18)12-20-16/h5,8,12-13,15,19H,2-4,6-7,9-11H2,1H3. The van der Waals surface area contributed by atoms with E-state index >= 15 is 0 Å². The summed E-state index contributed by atoms with van der Waals surface area (Å²) in [5, 5.41) is 3.97. The number of esters is 1. The van der Waals surface area contributed by atoms with Gasteiger partial charge in [-0.3, -0.25) is 4.79 Å². The summed E-state index contributed by atoms with van der Waals surface area (Å²) >= 11 is 5.82. The van der Waals surface area contributed by atoms with Crippen LogP contribution in [-0.2, 0) is 9.53 Å². The largest absolute Gasteiger partial charge is 0.474 e. The monoisotopic (exact) mass is 340 g/mol. The summed E-state index contributed by atoms with van der Waals surface area (Å²) in [6, 6.07) is 3.61. The Hall–Kier alpha value is -1.33. The number of hydrogen-bond acceptors (Lipinski definition) is 5. The van der Waals surface area contributed by atoms with Gasteiger partial charge in [0.05, 0.1) is 18.1 Å². The van der Waals surface area contributed by atoms with Crippen LogP contribution in [0.2, 0.25) is 5.02 Å². The molecule has 0 aromatic carbocycles. The highest BCUT2D eigenvalue weighted by Gasteiger charge is 2.22. The van der Waals surface area contributed by atoms with Crippen molar-refractivity contribution in [1.82, 2.24) is 10.3 Å². The molecule has 0 aliphatic heterocycles. The van der Waals surface area contributed by atoms with Crippen LogP contribution in [0.25, 0.3) is 0 Å². The maximum Gasteiger partial charge on any atom is 0.307 e. The molecule has 2 rings (SSSR count). The summed E-state index contributed by atoms with van der Waals surface area (Å²) in [5.74, 6) is 1.16. The topological polar surface area (TPSA) is 60.5 Å². The molecule has 1 fully saturated rings. The molecule has 0 spiro atoms. The SMILES string of the molecule is CCOC(=O)CCNCC1CCC(Oc2ccc(Cl)cn2)CC1. The average molecular weight is 341 g/mol. The van der Waals surface area contributed by atoms with E-state index in [0.29, 0.717) is 36.4 Å². The Balaban J connectivity index is 1.58. The molecule has 1 aromatic rings. The molecule has 6 heteroatoms. The summed E-state index contributed by atoms with van der Waals surface area (Å²) in [4.78, 5) is 15.4. The second-order valence-corrected chi connectivity index (χ2v) is 6.27. The van der Waals surface area contributed by atoms with Crippen molar-refractivity contribution in [1.29, 1.82) is 0 Å². The summed E-state index contributed by atoms with van der Waals surface area (Å²) < 4.78 is 10.8. The number of hydrogen-bond donors (Lipinski definition) is 1. The number of halogens is 1. The Morgan fingerprint density at radius 1 is 1.35 bits per heavy atom. The molecule has 0 atom stereocenters. The molecule has 0 amide bonds. The van der Waals surface area contributed by atoms with Gasteiger partial charge in [-0.2, -0.15) is 0 Å². The van der Waals surface area contributed by atoms with E-state index in [4.69, 9.17) is 21.1 Å². The van der Waals surface area contributed by atoms with Crippen LogP contribution in [0.15, 0.2) is 18.3 Å². The number of pyridine rings is 1. The Morgan fingerprint density at radius 3 is 2.78 bits per heavy atom. The number of nitrogens with zero attached hydrogens (tertiary/aromatic N) is 1. The van der Waals surface area contributed by atoms with Gasteiger partial charge in [-0.1, -0.05) is 11.6 Å². The van der Waals surface area contributed by atoms with Gasteiger partial charge < -0.3 is 14.8 Å². The van der Waals surface area contributed by atoms with E-state index in [1.54, 1.807) is 12.3 Å². The number of nitrogens with one attached hydrogen (secondary N) is 1. The molecule has 0 unspecified atom stereocenters. The molecular formula is C17H25ClN2O3. The van der Waals surface area contributed by atoms with Crippen LogP contribution < -0.4 is 10.1 Å². The van der Waals surface area contributed by atoms with E-state index in [1.807, 2.05) is 13.0 Å². The number of carbonyl (C=O) groups excluding carboxylic acids is 1. The fraction of sp³-hybridized carbons (Fsp3) is 0.647. The molecule has 0 bridgehead atoms. The molecule has 0 radical (unpaired) electrons. The number of carbonyl (C=O) groups is 1. The smallest absolute Gasteiger partial charge is 0.307 e. The van der Waals surface area contributed by atoms with Crippen LogP contribution in [0.1, 0.15) is 39.0 Å². The van der Waals surface area contributed by atoms with Crippen LogP contribution in [-0.4, -0.2) is 36.8 Å². The lowest BCUT2D eigenvalue weighted by Gasteiger charge is -2.28. The third kappa shape index (κ3) is 6.75. The molecule has 1 aliphatic carbocycles. The minimum absolute atomic E-state index is 0.132. The number of aromatic nitrogens is 1. The predicted octanol–water partition coefficient (Wildman–Crippen LogP) is 3.22. The third-order valence-corrected chi connectivity index (χ3v) is 4.25. The normalized spacial score (nSPS) is 21.0. The average Bonchev–Trinajstić information content (AvgIpc) is 2.55. The minimum atomic E-state index is -0.132. The van der Waals surface area contributed by atoms with Crippen molar-refractivity contribution in [3.8, 4) is 5.88 Å². The molecule has 128 valence electrons. The highest BCUT2D eigenvalue weighted by Crippen LogP contribution is 2.27. The zero-order valence-electron chi connectivity index (χ0n) is 13.6. The summed E-state index contributed by atoms with van der Waals surface area (Å²) in [5.41, 5.74) is 0. The Bertz CT molecular complexity index is 473. The first-order valence-electron chi connectivity index (χ1n) is 8.32. The van der Waals surface area contributed by atoms with E-state index in [2.05, 4.69) is 10.3 Å². The highest BCUT2D eigenvalue weighted by molar-refractivity contribution is 6.30. The van der Waals surface area contributed by atoms with Gasteiger partial charge in [-0.25, -0.2) is 4.98 Å². The predicted molar refractivity (Wildman–Crippen MR) is 89.7 cm³/mol. The van der Waals surface area contributed by atoms with E-state index in [1.165, 1.54) is 0 Å². The zero-order chi connectivity index (χ0) is 16.5. The Kier molecular flexibility index (Phi) is 7.62. The quantitative estimate of drug-likeness (QED) is 0.581. The van der Waals surface area contributed by atoms with Crippen LogP contribution in [0.3, 0.4) is 0 Å². The number of ether oxygens (including phenoxy) is 2. The zero-order valence-corrected chi connectivity index (χ0v) is 14.3. The molecule has 1 N–H and O–H groups in total. The van der Waals surface area contributed by atoms with Gasteiger partial charge in [0.15, 0.2) is 0 Å². The summed E-state index contributed by atoms with van der Waals surface area (Å²) in [6.07, 6.45) is 6.61. The maximum absolute atomic E-state index is 11.2. The van der Waals surface area contributed by atoms with E-state index in [0.717, 1.165) is 32.2 Å². The van der Waals surface area contributed by atoms with Gasteiger partial charge in [0.25, 0.3) is 0 Å². The molecule has 5 nitrogen and oxygen atoms in total. The van der Waals surface area contributed by atoms with Crippen LogP contribution in [0.4, 0.5) is 0 Å². The van der Waals surface area contributed by atoms with Crippen molar-refractivity contribution in [3.05, 3.63) is 23.4 Å². The second kappa shape index (κ2) is 9.73. The van der Waals surface area contributed by atoms with E-state index in [-0.39, 0.29) is 12.1 Å². The fourth-order valence-corrected chi connectivity index (χ4v) is 2.90. The lowest BCUT2D eigenvalue weighted by Crippen LogP contribution is -2.31. The highest BCUT2D eigenvalue weighted by atomic mass is 35.5. The van der Waals surface area contributed by atoms with Gasteiger partial charge >= 0.3 is 5.97 Å². The van der Waals surface area contributed by atoms with Crippen LogP contribution in [0, 0.1) is 5.92 Å². The fourth-order valence-electron chi connectivity index (χ4n) is 2.79. The lowest BCUT2D eigenvalue weighted by molar-refractivity contribution is -0.142. The Labute approximate surface area is 142 Å². The van der Waals surface area contributed by atoms with Crippen molar-refractivity contribution < 1.29 is 14.3 Å². The Morgan fingerprint density at radius 2 is 2.13 bits per heavy atom. The molecule has 1 aliphatic rings. The molecule has 1 saturated carbocycles. The molecular weight excluding hydrogens is 316 g/mol. The van der Waals surface area contributed by atoms with E-state index in [9.17, 15) is 4.79 Å². The first-order valence-corrected chi connectivity index (χ1v) is 8.69.